The first-order valence-electron chi connectivity index (χ1n) is 11.5. The number of hydrogen-bond donors (Lipinski definition) is 1. The molecule has 7 atom stereocenters. The average Bonchev–Trinajstić information content (AvgIpc) is 3.54. The van der Waals surface area contributed by atoms with Crippen LogP contribution in [0.4, 0.5) is 5.69 Å². The summed E-state index contributed by atoms with van der Waals surface area (Å²) < 4.78 is 0. The predicted octanol–water partition coefficient (Wildman–Crippen LogP) is 5.53. The van der Waals surface area contributed by atoms with E-state index < -0.39 is 0 Å². The van der Waals surface area contributed by atoms with Gasteiger partial charge in [0.1, 0.15) is 5.75 Å². The first-order chi connectivity index (χ1) is 16.0. The number of anilines is 1. The predicted molar refractivity (Wildman–Crippen MR) is 132 cm³/mol. The summed E-state index contributed by atoms with van der Waals surface area (Å²) in [5, 5.41) is 10.2. The number of rotatable bonds is 2. The molecule has 3 fully saturated rings. The Morgan fingerprint density at radius 1 is 0.939 bits per heavy atom. The van der Waals surface area contributed by atoms with E-state index in [-0.39, 0.29) is 47.2 Å². The van der Waals surface area contributed by atoms with Gasteiger partial charge in [0.15, 0.2) is 0 Å². The van der Waals surface area contributed by atoms with Crippen LogP contribution in [0.5, 0.6) is 5.75 Å². The first kappa shape index (κ1) is 20.0. The van der Waals surface area contributed by atoms with Crippen molar-refractivity contribution in [1.29, 1.82) is 0 Å². The second-order valence-corrected chi connectivity index (χ2v) is 12.3. The van der Waals surface area contributed by atoms with E-state index in [1.165, 1.54) is 25.2 Å². The topological polar surface area (TPSA) is 57.6 Å². The molecule has 3 aliphatic heterocycles. The normalized spacial score (nSPS) is 36.4. The van der Waals surface area contributed by atoms with E-state index in [4.69, 9.17) is 0 Å². The fraction of sp³-hybridized carbons (Fsp3) is 0.333. The van der Waals surface area contributed by atoms with Crippen molar-refractivity contribution in [2.45, 2.75) is 24.0 Å². The number of hydrogen-bond acceptors (Lipinski definition) is 5. The number of allylic oxidation sites excluding steroid dienone is 3. The lowest BCUT2D eigenvalue weighted by atomic mass is 9.68. The Balaban J connectivity index is 1.31. The monoisotopic (exact) mass is 473 g/mol. The number of nitrogens with zero attached hydrogens (tertiary/aromatic N) is 1. The molecule has 2 amide bonds. The smallest absolute Gasteiger partial charge is 0.238 e. The zero-order valence-corrected chi connectivity index (χ0v) is 19.5. The lowest BCUT2D eigenvalue weighted by Gasteiger charge is -2.44. The van der Waals surface area contributed by atoms with Crippen LogP contribution in [0.15, 0.2) is 75.9 Å². The zero-order chi connectivity index (χ0) is 22.4. The summed E-state index contributed by atoms with van der Waals surface area (Å²) in [6.07, 6.45) is 1.86. The third-order valence-corrected chi connectivity index (χ3v) is 11.1. The average molecular weight is 474 g/mol. The van der Waals surface area contributed by atoms with E-state index >= 15 is 0 Å². The molecule has 3 heterocycles. The molecule has 4 nitrogen and oxygen atoms in total. The third-order valence-electron chi connectivity index (χ3n) is 8.26. The fourth-order valence-corrected chi connectivity index (χ4v) is 10.5. The summed E-state index contributed by atoms with van der Waals surface area (Å²) in [6.45, 7) is 4.25. The van der Waals surface area contributed by atoms with Crippen molar-refractivity contribution in [2.24, 2.45) is 29.6 Å². The van der Waals surface area contributed by atoms with Crippen molar-refractivity contribution in [3.05, 3.63) is 81.5 Å². The van der Waals surface area contributed by atoms with Gasteiger partial charge < -0.3 is 5.11 Å². The van der Waals surface area contributed by atoms with Crippen molar-refractivity contribution < 1.29 is 14.7 Å². The summed E-state index contributed by atoms with van der Waals surface area (Å²) >= 11 is 3.75. The quantitative estimate of drug-likeness (QED) is 0.582. The molecule has 166 valence electrons. The number of carbonyl (C=O) groups excluding carboxylic acids is 2. The molecule has 2 aromatic carbocycles. The molecule has 33 heavy (non-hydrogen) atoms. The highest BCUT2D eigenvalue weighted by Gasteiger charge is 2.69. The summed E-state index contributed by atoms with van der Waals surface area (Å²) in [5.41, 5.74) is 1.89. The molecule has 0 radical (unpaired) electrons. The number of para-hydroxylation sites is 1. The number of thioether (sulfide) groups is 2. The molecule has 0 aromatic heterocycles. The minimum absolute atomic E-state index is 0.00563. The number of imide groups is 1. The Bertz CT molecular complexity index is 1240. The van der Waals surface area contributed by atoms with Crippen molar-refractivity contribution in [1.82, 2.24) is 0 Å². The summed E-state index contributed by atoms with van der Waals surface area (Å²) in [6, 6.07) is 17.0. The van der Waals surface area contributed by atoms with E-state index in [1.807, 2.05) is 54.2 Å². The maximum Gasteiger partial charge on any atom is 0.238 e. The van der Waals surface area contributed by atoms with E-state index in [0.29, 0.717) is 16.9 Å². The van der Waals surface area contributed by atoms with Gasteiger partial charge in [-0.25, -0.2) is 0 Å². The Morgan fingerprint density at radius 3 is 2.36 bits per heavy atom. The standard InChI is InChI=1S/C27H23NO3S2/c1-13-11-19-25(32-13)20(14-7-9-16(29)10-8-14)21-17-12-18(24(21)33-19)23-22(17)26(30)28(27(23)31)15-5-3-2-4-6-15/h2-10,17-18,20-24,29H,1,11-12H2/t17-,18-,20-,21-,22+,23-,24-/m1/s1. The molecule has 2 bridgehead atoms. The number of phenols is 1. The van der Waals surface area contributed by atoms with Gasteiger partial charge in [0, 0.05) is 27.4 Å². The molecule has 7 rings (SSSR count). The van der Waals surface area contributed by atoms with Crippen LogP contribution in [0.1, 0.15) is 24.3 Å². The second kappa shape index (κ2) is 7.03. The van der Waals surface area contributed by atoms with E-state index in [9.17, 15) is 14.7 Å². The van der Waals surface area contributed by atoms with E-state index in [0.717, 1.165) is 12.8 Å². The maximum absolute atomic E-state index is 13.7. The molecule has 1 N–H and O–H groups in total. The Labute approximate surface area is 201 Å². The molecule has 1 saturated heterocycles. The molecule has 0 unspecified atom stereocenters. The molecule has 2 aliphatic carbocycles. The van der Waals surface area contributed by atoms with Crippen molar-refractivity contribution in [3.8, 4) is 5.75 Å². The van der Waals surface area contributed by atoms with Gasteiger partial charge >= 0.3 is 0 Å². The molecule has 2 aromatic rings. The molecule has 2 saturated carbocycles. The van der Waals surface area contributed by atoms with Crippen molar-refractivity contribution in [2.75, 3.05) is 4.90 Å². The highest BCUT2D eigenvalue weighted by Crippen LogP contribution is 2.71. The number of phenolic OH excluding ortho intramolecular Hbond substituents is 1. The van der Waals surface area contributed by atoms with E-state index in [1.54, 1.807) is 23.9 Å². The van der Waals surface area contributed by atoms with Crippen LogP contribution in [0.2, 0.25) is 0 Å². The molecule has 5 aliphatic rings. The van der Waals surface area contributed by atoms with Gasteiger partial charge in [0.2, 0.25) is 11.8 Å². The second-order valence-electron chi connectivity index (χ2n) is 9.80. The minimum Gasteiger partial charge on any atom is -0.508 e. The highest BCUT2D eigenvalue weighted by molar-refractivity contribution is 8.10. The van der Waals surface area contributed by atoms with Crippen LogP contribution in [0.25, 0.3) is 0 Å². The number of benzene rings is 2. The van der Waals surface area contributed by atoms with Crippen LogP contribution < -0.4 is 4.90 Å². The van der Waals surface area contributed by atoms with Crippen molar-refractivity contribution >= 4 is 41.0 Å². The molecule has 0 spiro atoms. The van der Waals surface area contributed by atoms with Crippen LogP contribution in [0.3, 0.4) is 0 Å². The molecular weight excluding hydrogens is 450 g/mol. The molecular formula is C27H23NO3S2. The summed E-state index contributed by atoms with van der Waals surface area (Å²) in [5.74, 6) is 0.765. The number of fused-ring (bicyclic) bond motifs is 8. The number of amides is 2. The Kier molecular flexibility index (Phi) is 4.26. The Morgan fingerprint density at radius 2 is 1.64 bits per heavy atom. The maximum atomic E-state index is 13.7. The number of aromatic hydroxyl groups is 1. The van der Waals surface area contributed by atoms with Crippen LogP contribution in [-0.4, -0.2) is 22.2 Å². The van der Waals surface area contributed by atoms with Crippen LogP contribution in [0, 0.1) is 29.6 Å². The van der Waals surface area contributed by atoms with Gasteiger partial charge in [-0.15, -0.1) is 11.8 Å². The lowest BCUT2D eigenvalue weighted by Crippen LogP contribution is -2.42. The van der Waals surface area contributed by atoms with Crippen LogP contribution in [-0.2, 0) is 9.59 Å². The summed E-state index contributed by atoms with van der Waals surface area (Å²) in [7, 11) is 0. The molecule has 6 heteroatoms. The lowest BCUT2D eigenvalue weighted by molar-refractivity contribution is -0.123. The largest absolute Gasteiger partial charge is 0.508 e. The van der Waals surface area contributed by atoms with Gasteiger partial charge in [-0.1, -0.05) is 48.7 Å². The highest BCUT2D eigenvalue weighted by atomic mass is 32.2. The first-order valence-corrected chi connectivity index (χ1v) is 13.2. The third kappa shape index (κ3) is 2.68. The van der Waals surface area contributed by atoms with Gasteiger partial charge in [-0.2, -0.15) is 0 Å². The zero-order valence-electron chi connectivity index (χ0n) is 17.9. The van der Waals surface area contributed by atoms with Gasteiger partial charge in [-0.3, -0.25) is 14.5 Å². The van der Waals surface area contributed by atoms with Crippen molar-refractivity contribution in [3.63, 3.8) is 0 Å². The van der Waals surface area contributed by atoms with Crippen LogP contribution >= 0.6 is 23.5 Å². The summed E-state index contributed by atoms with van der Waals surface area (Å²) in [4.78, 5) is 32.6. The fourth-order valence-electron chi connectivity index (χ4n) is 7.16. The SMILES string of the molecule is C=C1CC2=C(S1)[C@H](c1ccc(O)cc1)[C@H]1[C@H]3C[C@@H]([C@H]1S2)[C@H]1C(=O)N(c2ccccc2)C(=O)[C@@H]31. The van der Waals surface area contributed by atoms with E-state index in [2.05, 4.69) is 6.58 Å². The Hall–Kier alpha value is -2.44. The minimum atomic E-state index is -0.221. The van der Waals surface area contributed by atoms with Gasteiger partial charge in [0.25, 0.3) is 0 Å². The van der Waals surface area contributed by atoms with Gasteiger partial charge in [0.05, 0.1) is 17.5 Å². The van der Waals surface area contributed by atoms with Gasteiger partial charge in [-0.05, 0) is 58.9 Å². The number of carbonyl (C=O) groups is 2.